The molecule has 2 rings (SSSR count). The van der Waals surface area contributed by atoms with E-state index in [1.807, 2.05) is 6.07 Å². The van der Waals surface area contributed by atoms with Crippen LogP contribution in [0.1, 0.15) is 18.5 Å². The van der Waals surface area contributed by atoms with Crippen LogP contribution < -0.4 is 10.6 Å². The van der Waals surface area contributed by atoms with Gasteiger partial charge < -0.3 is 15.5 Å². The van der Waals surface area contributed by atoms with Gasteiger partial charge in [-0.05, 0) is 24.6 Å². The van der Waals surface area contributed by atoms with E-state index in [-0.39, 0.29) is 11.9 Å². The maximum Gasteiger partial charge on any atom is 0.319 e. The van der Waals surface area contributed by atoms with Crippen LogP contribution in [-0.4, -0.2) is 30.9 Å². The van der Waals surface area contributed by atoms with E-state index in [1.165, 1.54) is 4.90 Å². The Morgan fingerprint density at radius 3 is 2.65 bits per heavy atom. The molecular formula is C14H16ClN3O2. The minimum Gasteiger partial charge on any atom is -0.345 e. The predicted molar refractivity (Wildman–Crippen MR) is 77.3 cm³/mol. The number of benzene rings is 1. The fraction of sp³-hybridized carbons (Fsp3) is 0.286. The molecule has 1 atom stereocenters. The Labute approximate surface area is 122 Å². The minimum absolute atomic E-state index is 0.153. The molecular weight excluding hydrogens is 278 g/mol. The summed E-state index contributed by atoms with van der Waals surface area (Å²) in [4.78, 5) is 25.5. The number of likely N-dealkylation sites (N-methyl/N-ethyl adjacent to an activating group) is 1. The first kappa shape index (κ1) is 14.4. The quantitative estimate of drug-likeness (QED) is 0.877. The number of nitrogens with zero attached hydrogens (tertiary/aromatic N) is 1. The van der Waals surface area contributed by atoms with Crippen molar-refractivity contribution in [2.45, 2.75) is 13.0 Å². The second-order valence-electron chi connectivity index (χ2n) is 4.82. The van der Waals surface area contributed by atoms with Crippen molar-refractivity contribution in [1.29, 1.82) is 0 Å². The SMILES string of the molecule is CC1=C(C(=O)N(C)C)[C@H](c2cccc(Cl)c2)NC(=O)N1. The Hall–Kier alpha value is -2.01. The van der Waals surface area contributed by atoms with Gasteiger partial charge in [0.25, 0.3) is 5.91 Å². The number of amides is 3. The summed E-state index contributed by atoms with van der Waals surface area (Å²) < 4.78 is 0. The lowest BCUT2D eigenvalue weighted by molar-refractivity contribution is -0.125. The number of urea groups is 1. The highest BCUT2D eigenvalue weighted by Crippen LogP contribution is 2.29. The highest BCUT2D eigenvalue weighted by molar-refractivity contribution is 6.30. The van der Waals surface area contributed by atoms with Crippen molar-refractivity contribution >= 4 is 23.5 Å². The van der Waals surface area contributed by atoms with Crippen LogP contribution in [0.5, 0.6) is 0 Å². The van der Waals surface area contributed by atoms with Gasteiger partial charge >= 0.3 is 6.03 Å². The van der Waals surface area contributed by atoms with Gasteiger partial charge in [0, 0.05) is 24.8 Å². The fourth-order valence-corrected chi connectivity index (χ4v) is 2.35. The molecule has 6 heteroatoms. The standard InChI is InChI=1S/C14H16ClN3O2/c1-8-11(13(19)18(2)3)12(17-14(20)16-8)9-5-4-6-10(15)7-9/h4-7,12H,1-3H3,(H2,16,17,20)/t12-/m0/s1. The third kappa shape index (κ3) is 2.77. The molecule has 20 heavy (non-hydrogen) atoms. The summed E-state index contributed by atoms with van der Waals surface area (Å²) in [6, 6.07) is 6.28. The summed E-state index contributed by atoms with van der Waals surface area (Å²) in [5, 5.41) is 5.95. The van der Waals surface area contributed by atoms with E-state index in [0.29, 0.717) is 16.3 Å². The topological polar surface area (TPSA) is 61.4 Å². The van der Waals surface area contributed by atoms with E-state index < -0.39 is 6.04 Å². The summed E-state index contributed by atoms with van der Waals surface area (Å²) in [7, 11) is 3.35. The van der Waals surface area contributed by atoms with Crippen molar-refractivity contribution < 1.29 is 9.59 Å². The van der Waals surface area contributed by atoms with Gasteiger partial charge in [0.15, 0.2) is 0 Å². The van der Waals surface area contributed by atoms with Gasteiger partial charge in [-0.25, -0.2) is 4.79 Å². The Bertz CT molecular complexity index is 596. The fourth-order valence-electron chi connectivity index (χ4n) is 2.15. The van der Waals surface area contributed by atoms with E-state index in [0.717, 1.165) is 5.56 Å². The lowest BCUT2D eigenvalue weighted by Crippen LogP contribution is -2.46. The molecule has 2 N–H and O–H groups in total. The monoisotopic (exact) mass is 293 g/mol. The molecule has 0 radical (unpaired) electrons. The molecule has 1 aliphatic rings. The van der Waals surface area contributed by atoms with Gasteiger partial charge in [-0.15, -0.1) is 0 Å². The molecule has 0 unspecified atom stereocenters. The number of nitrogens with one attached hydrogen (secondary N) is 2. The molecule has 0 aliphatic carbocycles. The van der Waals surface area contributed by atoms with E-state index in [4.69, 9.17) is 11.6 Å². The molecule has 0 saturated heterocycles. The van der Waals surface area contributed by atoms with Crippen LogP contribution in [0.15, 0.2) is 35.5 Å². The number of allylic oxidation sites excluding steroid dienone is 1. The van der Waals surface area contributed by atoms with E-state index >= 15 is 0 Å². The summed E-state index contributed by atoms with van der Waals surface area (Å²) in [6.07, 6.45) is 0. The molecule has 0 bridgehead atoms. The maximum absolute atomic E-state index is 12.3. The first-order valence-corrected chi connectivity index (χ1v) is 6.53. The molecule has 0 spiro atoms. The molecule has 1 heterocycles. The van der Waals surface area contributed by atoms with Crippen LogP contribution in [-0.2, 0) is 4.79 Å². The van der Waals surface area contributed by atoms with E-state index in [9.17, 15) is 9.59 Å². The number of carbonyl (C=O) groups excluding carboxylic acids is 2. The molecule has 3 amide bonds. The maximum atomic E-state index is 12.3. The molecule has 0 fully saturated rings. The van der Waals surface area contributed by atoms with Crippen molar-refractivity contribution in [2.75, 3.05) is 14.1 Å². The molecule has 106 valence electrons. The molecule has 0 aromatic heterocycles. The van der Waals surface area contributed by atoms with Crippen LogP contribution in [0.3, 0.4) is 0 Å². The first-order chi connectivity index (χ1) is 9.40. The van der Waals surface area contributed by atoms with Crippen LogP contribution in [0.4, 0.5) is 4.79 Å². The van der Waals surface area contributed by atoms with Crippen LogP contribution in [0.25, 0.3) is 0 Å². The summed E-state index contributed by atoms with van der Waals surface area (Å²) >= 11 is 5.99. The van der Waals surface area contributed by atoms with Gasteiger partial charge in [-0.2, -0.15) is 0 Å². The van der Waals surface area contributed by atoms with E-state index in [2.05, 4.69) is 10.6 Å². The van der Waals surface area contributed by atoms with Gasteiger partial charge in [-0.3, -0.25) is 4.79 Å². The van der Waals surface area contributed by atoms with Crippen molar-refractivity contribution in [3.05, 3.63) is 46.1 Å². The second kappa shape index (κ2) is 5.54. The molecule has 1 aromatic rings. The summed E-state index contributed by atoms with van der Waals surface area (Å²) in [5.41, 5.74) is 1.84. The molecule has 1 aromatic carbocycles. The normalized spacial score (nSPS) is 18.4. The molecule has 1 aliphatic heterocycles. The summed E-state index contributed by atoms with van der Waals surface area (Å²) in [5.74, 6) is -0.153. The first-order valence-electron chi connectivity index (χ1n) is 6.15. The number of carbonyl (C=O) groups is 2. The van der Waals surface area contributed by atoms with Gasteiger partial charge in [-0.1, -0.05) is 23.7 Å². The number of hydrogen-bond acceptors (Lipinski definition) is 2. The van der Waals surface area contributed by atoms with Crippen LogP contribution in [0.2, 0.25) is 5.02 Å². The van der Waals surface area contributed by atoms with Gasteiger partial charge in [0.05, 0.1) is 11.6 Å². The zero-order valence-corrected chi connectivity index (χ0v) is 12.3. The highest BCUT2D eigenvalue weighted by atomic mass is 35.5. The van der Waals surface area contributed by atoms with Crippen molar-refractivity contribution in [2.24, 2.45) is 0 Å². The van der Waals surface area contributed by atoms with E-state index in [1.54, 1.807) is 39.2 Å². The van der Waals surface area contributed by atoms with Crippen LogP contribution >= 0.6 is 11.6 Å². The second-order valence-corrected chi connectivity index (χ2v) is 5.26. The minimum atomic E-state index is -0.502. The lowest BCUT2D eigenvalue weighted by Gasteiger charge is -2.30. The van der Waals surface area contributed by atoms with Crippen molar-refractivity contribution in [1.82, 2.24) is 15.5 Å². The lowest BCUT2D eigenvalue weighted by atomic mass is 9.94. The number of hydrogen-bond donors (Lipinski definition) is 2. The molecule has 0 saturated carbocycles. The smallest absolute Gasteiger partial charge is 0.319 e. The average Bonchev–Trinajstić information content (AvgIpc) is 2.37. The highest BCUT2D eigenvalue weighted by Gasteiger charge is 2.31. The van der Waals surface area contributed by atoms with Gasteiger partial charge in [0.2, 0.25) is 0 Å². The largest absolute Gasteiger partial charge is 0.345 e. The Kier molecular flexibility index (Phi) is 3.99. The Morgan fingerprint density at radius 2 is 2.05 bits per heavy atom. The zero-order chi connectivity index (χ0) is 14.9. The predicted octanol–water partition coefficient (Wildman–Crippen LogP) is 2.06. The Balaban J connectivity index is 2.50. The van der Waals surface area contributed by atoms with Crippen molar-refractivity contribution in [3.63, 3.8) is 0 Å². The van der Waals surface area contributed by atoms with Crippen LogP contribution in [0, 0.1) is 0 Å². The number of halogens is 1. The van der Waals surface area contributed by atoms with Crippen molar-refractivity contribution in [3.8, 4) is 0 Å². The molecule has 5 nitrogen and oxygen atoms in total. The third-order valence-electron chi connectivity index (χ3n) is 3.09. The van der Waals surface area contributed by atoms with Gasteiger partial charge in [0.1, 0.15) is 0 Å². The zero-order valence-electron chi connectivity index (χ0n) is 11.5. The summed E-state index contributed by atoms with van der Waals surface area (Å²) in [6.45, 7) is 1.72. The third-order valence-corrected chi connectivity index (χ3v) is 3.32. The average molecular weight is 294 g/mol. The number of rotatable bonds is 2. The Morgan fingerprint density at radius 1 is 1.35 bits per heavy atom.